The molecule has 1 heterocycles. The Labute approximate surface area is 128 Å². The van der Waals surface area contributed by atoms with Gasteiger partial charge in [-0.1, -0.05) is 37.6 Å². The first-order valence-electron chi connectivity index (χ1n) is 8.00. The molecule has 1 aromatic carbocycles. The highest BCUT2D eigenvalue weighted by molar-refractivity contribution is 5.25. The second-order valence-electron chi connectivity index (χ2n) is 5.63. The average molecular weight is 282 g/mol. The lowest BCUT2D eigenvalue weighted by Crippen LogP contribution is -2.21. The van der Waals surface area contributed by atoms with Crippen LogP contribution < -0.4 is 5.32 Å². The number of aryl methyl sites for hydroxylation is 1. The van der Waals surface area contributed by atoms with Crippen molar-refractivity contribution in [2.24, 2.45) is 0 Å². The molecule has 0 aliphatic carbocycles. The lowest BCUT2D eigenvalue weighted by atomic mass is 10.0. The van der Waals surface area contributed by atoms with Crippen LogP contribution in [0.5, 0.6) is 0 Å². The Kier molecular flexibility index (Phi) is 6.42. The molecule has 0 aliphatic rings. The Balaban J connectivity index is 1.78. The van der Waals surface area contributed by atoms with E-state index in [0.29, 0.717) is 6.04 Å². The van der Waals surface area contributed by atoms with Gasteiger partial charge in [0, 0.05) is 18.4 Å². The molecule has 1 atom stereocenters. The minimum absolute atomic E-state index is 0.395. The number of pyridine rings is 1. The molecular weight excluding hydrogens is 256 g/mol. The van der Waals surface area contributed by atoms with Crippen LogP contribution in [0.15, 0.2) is 48.8 Å². The minimum Gasteiger partial charge on any atom is -0.310 e. The molecule has 21 heavy (non-hydrogen) atoms. The van der Waals surface area contributed by atoms with Gasteiger partial charge in [0.1, 0.15) is 0 Å². The molecule has 0 radical (unpaired) electrons. The van der Waals surface area contributed by atoms with E-state index in [1.807, 2.05) is 12.4 Å². The van der Waals surface area contributed by atoms with Crippen LogP contribution in [0.4, 0.5) is 0 Å². The van der Waals surface area contributed by atoms with Crippen LogP contribution in [0, 0.1) is 0 Å². The van der Waals surface area contributed by atoms with Crippen molar-refractivity contribution in [3.63, 3.8) is 0 Å². The van der Waals surface area contributed by atoms with Crippen LogP contribution in [0.1, 0.15) is 49.4 Å². The third-order valence-corrected chi connectivity index (χ3v) is 3.91. The fourth-order valence-electron chi connectivity index (χ4n) is 2.45. The van der Waals surface area contributed by atoms with Crippen LogP contribution in [0.3, 0.4) is 0 Å². The van der Waals surface area contributed by atoms with Gasteiger partial charge >= 0.3 is 0 Å². The maximum Gasteiger partial charge on any atom is 0.0291 e. The summed E-state index contributed by atoms with van der Waals surface area (Å²) in [4.78, 5) is 4.05. The van der Waals surface area contributed by atoms with Crippen molar-refractivity contribution in [2.45, 2.75) is 45.6 Å². The molecule has 0 saturated carbocycles. The van der Waals surface area contributed by atoms with E-state index in [0.717, 1.165) is 13.0 Å². The summed E-state index contributed by atoms with van der Waals surface area (Å²) in [6, 6.07) is 13.6. The molecule has 2 heteroatoms. The predicted octanol–water partition coefficient (Wildman–Crippen LogP) is 4.32. The summed E-state index contributed by atoms with van der Waals surface area (Å²) in [6.45, 7) is 5.46. The Hall–Kier alpha value is -1.67. The maximum absolute atomic E-state index is 4.05. The summed E-state index contributed by atoms with van der Waals surface area (Å²) in [5.41, 5.74) is 4.15. The molecule has 1 unspecified atom stereocenters. The fraction of sp³-hybridized carbons (Fsp3) is 0.421. The second-order valence-corrected chi connectivity index (χ2v) is 5.63. The number of hydrogen-bond acceptors (Lipinski definition) is 2. The summed E-state index contributed by atoms with van der Waals surface area (Å²) >= 11 is 0. The van der Waals surface area contributed by atoms with Gasteiger partial charge in [0.05, 0.1) is 0 Å². The van der Waals surface area contributed by atoms with E-state index in [2.05, 4.69) is 60.5 Å². The molecule has 0 saturated heterocycles. The van der Waals surface area contributed by atoms with E-state index >= 15 is 0 Å². The number of unbranched alkanes of at least 4 members (excludes halogenated alkanes) is 1. The number of aromatic nitrogens is 1. The van der Waals surface area contributed by atoms with Gasteiger partial charge in [-0.05, 0) is 61.6 Å². The number of nitrogens with one attached hydrogen (secondary N) is 1. The van der Waals surface area contributed by atoms with Gasteiger partial charge in [0.25, 0.3) is 0 Å². The number of rotatable bonds is 8. The van der Waals surface area contributed by atoms with E-state index in [1.165, 1.54) is 36.0 Å². The van der Waals surface area contributed by atoms with Crippen molar-refractivity contribution in [1.29, 1.82) is 0 Å². The van der Waals surface area contributed by atoms with Gasteiger partial charge in [-0.2, -0.15) is 0 Å². The summed E-state index contributed by atoms with van der Waals surface area (Å²) < 4.78 is 0. The molecule has 1 aromatic heterocycles. The van der Waals surface area contributed by atoms with Crippen molar-refractivity contribution in [3.8, 4) is 0 Å². The Morgan fingerprint density at radius 2 is 1.62 bits per heavy atom. The van der Waals surface area contributed by atoms with Gasteiger partial charge in [-0.25, -0.2) is 0 Å². The first-order valence-corrected chi connectivity index (χ1v) is 8.00. The topological polar surface area (TPSA) is 24.9 Å². The summed E-state index contributed by atoms with van der Waals surface area (Å²) in [5, 5.41) is 3.59. The number of nitrogens with zero attached hydrogens (tertiary/aromatic N) is 1. The quantitative estimate of drug-likeness (QED) is 0.780. The van der Waals surface area contributed by atoms with E-state index < -0.39 is 0 Å². The minimum atomic E-state index is 0.395. The molecule has 0 spiro atoms. The Morgan fingerprint density at radius 1 is 0.952 bits per heavy atom. The Morgan fingerprint density at radius 3 is 2.29 bits per heavy atom. The predicted molar refractivity (Wildman–Crippen MR) is 89.4 cm³/mol. The van der Waals surface area contributed by atoms with Crippen LogP contribution in [0.2, 0.25) is 0 Å². The van der Waals surface area contributed by atoms with Crippen molar-refractivity contribution < 1.29 is 0 Å². The molecule has 1 N–H and O–H groups in total. The van der Waals surface area contributed by atoms with Gasteiger partial charge in [0.15, 0.2) is 0 Å². The normalized spacial score (nSPS) is 12.3. The van der Waals surface area contributed by atoms with Crippen LogP contribution in [-0.4, -0.2) is 11.5 Å². The number of hydrogen-bond donors (Lipinski definition) is 1. The lowest BCUT2D eigenvalue weighted by molar-refractivity contribution is 0.576. The summed E-state index contributed by atoms with van der Waals surface area (Å²) in [7, 11) is 0. The van der Waals surface area contributed by atoms with Crippen LogP contribution in [-0.2, 0) is 12.8 Å². The van der Waals surface area contributed by atoms with Crippen LogP contribution in [0.25, 0.3) is 0 Å². The average Bonchev–Trinajstić information content (AvgIpc) is 2.54. The highest BCUT2D eigenvalue weighted by Crippen LogP contribution is 2.14. The largest absolute Gasteiger partial charge is 0.310 e. The smallest absolute Gasteiger partial charge is 0.0291 e. The zero-order valence-corrected chi connectivity index (χ0v) is 13.2. The van der Waals surface area contributed by atoms with Crippen molar-refractivity contribution in [3.05, 3.63) is 65.5 Å². The summed E-state index contributed by atoms with van der Waals surface area (Å²) in [5.74, 6) is 0. The van der Waals surface area contributed by atoms with Crippen LogP contribution >= 0.6 is 0 Å². The zero-order chi connectivity index (χ0) is 14.9. The lowest BCUT2D eigenvalue weighted by Gasteiger charge is -2.15. The maximum atomic E-state index is 4.05. The van der Waals surface area contributed by atoms with Gasteiger partial charge in [0.2, 0.25) is 0 Å². The molecule has 2 aromatic rings. The molecule has 0 aliphatic heterocycles. The first-order chi connectivity index (χ1) is 10.3. The standard InChI is InChI=1S/C19H26N2/c1-3-4-5-17-6-8-19(9-7-17)16(2)21-15-12-18-10-13-20-14-11-18/h6-11,13-14,16,21H,3-5,12,15H2,1-2H3. The highest BCUT2D eigenvalue weighted by Gasteiger charge is 2.04. The monoisotopic (exact) mass is 282 g/mol. The van der Waals surface area contributed by atoms with Crippen molar-refractivity contribution >= 4 is 0 Å². The van der Waals surface area contributed by atoms with E-state index in [9.17, 15) is 0 Å². The molecule has 2 rings (SSSR count). The molecule has 0 fully saturated rings. The van der Waals surface area contributed by atoms with Gasteiger partial charge in [-0.15, -0.1) is 0 Å². The molecule has 112 valence electrons. The van der Waals surface area contributed by atoms with Crippen molar-refractivity contribution in [1.82, 2.24) is 10.3 Å². The Bertz CT molecular complexity index is 505. The molecule has 0 bridgehead atoms. The fourth-order valence-corrected chi connectivity index (χ4v) is 2.45. The second kappa shape index (κ2) is 8.58. The van der Waals surface area contributed by atoms with E-state index in [1.54, 1.807) is 0 Å². The molecule has 2 nitrogen and oxygen atoms in total. The highest BCUT2D eigenvalue weighted by atomic mass is 14.9. The van der Waals surface area contributed by atoms with Crippen molar-refractivity contribution in [2.75, 3.05) is 6.54 Å². The van der Waals surface area contributed by atoms with E-state index in [4.69, 9.17) is 0 Å². The zero-order valence-electron chi connectivity index (χ0n) is 13.2. The third kappa shape index (κ3) is 5.31. The first kappa shape index (κ1) is 15.7. The number of benzene rings is 1. The third-order valence-electron chi connectivity index (χ3n) is 3.91. The van der Waals surface area contributed by atoms with E-state index in [-0.39, 0.29) is 0 Å². The molecule has 0 amide bonds. The van der Waals surface area contributed by atoms with Gasteiger partial charge in [-0.3, -0.25) is 4.98 Å². The van der Waals surface area contributed by atoms with Gasteiger partial charge < -0.3 is 5.32 Å². The summed E-state index contributed by atoms with van der Waals surface area (Å²) in [6.07, 6.45) is 8.48. The molecular formula is C19H26N2. The SMILES string of the molecule is CCCCc1ccc(C(C)NCCc2ccncc2)cc1.